The van der Waals surface area contributed by atoms with Crippen molar-refractivity contribution in [2.45, 2.75) is 0 Å². The predicted octanol–water partition coefficient (Wildman–Crippen LogP) is 4.03. The van der Waals surface area contributed by atoms with Gasteiger partial charge in [-0.05, 0) is 36.4 Å². The smallest absolute Gasteiger partial charge is 0.232 e. The molecule has 0 aliphatic carbocycles. The molecular weight excluding hydrogens is 408 g/mol. The van der Waals surface area contributed by atoms with Gasteiger partial charge in [0, 0.05) is 15.7 Å². The van der Waals surface area contributed by atoms with Gasteiger partial charge in [0.15, 0.2) is 5.82 Å². The number of hydrogen-bond donors (Lipinski definition) is 2. The molecule has 0 saturated heterocycles. The third-order valence-electron chi connectivity index (χ3n) is 3.54. The van der Waals surface area contributed by atoms with E-state index in [0.29, 0.717) is 11.3 Å². The fraction of sp³-hybridized carbons (Fsp3) is 0.0526. The Kier molecular flexibility index (Phi) is 5.64. The predicted molar refractivity (Wildman–Crippen MR) is 108 cm³/mol. The van der Waals surface area contributed by atoms with Gasteiger partial charge in [-0.1, -0.05) is 34.1 Å². The molecule has 0 bridgehead atoms. The van der Waals surface area contributed by atoms with Crippen molar-refractivity contribution in [3.8, 4) is 11.8 Å². The highest BCUT2D eigenvalue weighted by Crippen LogP contribution is 2.27. The number of nitrogens with two attached hydrogens (primary N) is 1. The summed E-state index contributed by atoms with van der Waals surface area (Å²) in [7, 11) is 1.56. The van der Waals surface area contributed by atoms with Crippen LogP contribution in [0.2, 0.25) is 0 Å². The molecule has 2 aromatic carbocycles. The van der Waals surface area contributed by atoms with Crippen LogP contribution in [0.3, 0.4) is 0 Å². The summed E-state index contributed by atoms with van der Waals surface area (Å²) >= 11 is 3.41. The van der Waals surface area contributed by atoms with Gasteiger partial charge in [0.2, 0.25) is 11.9 Å². The average Bonchev–Trinajstić information content (AvgIpc) is 2.66. The zero-order valence-electron chi connectivity index (χ0n) is 14.3. The maximum Gasteiger partial charge on any atom is 0.232 e. The van der Waals surface area contributed by atoms with Crippen LogP contribution in [0.5, 0.6) is 5.75 Å². The number of ether oxygens (including phenoxy) is 1. The number of rotatable bonds is 5. The van der Waals surface area contributed by atoms with E-state index < -0.39 is 0 Å². The number of para-hydroxylation sites is 1. The van der Waals surface area contributed by atoms with Gasteiger partial charge in [-0.3, -0.25) is 0 Å². The number of anilines is 3. The van der Waals surface area contributed by atoms with E-state index in [1.807, 2.05) is 42.5 Å². The van der Waals surface area contributed by atoms with Crippen LogP contribution in [0.1, 0.15) is 11.4 Å². The SMILES string of the molecule is COc1ccc(Br)cc1/C=C(\C#N)c1nc(N)nc(Nc2ccccc2)n1. The highest BCUT2D eigenvalue weighted by atomic mass is 79.9. The van der Waals surface area contributed by atoms with Crippen molar-refractivity contribution in [1.82, 2.24) is 15.0 Å². The summed E-state index contributed by atoms with van der Waals surface area (Å²) in [6, 6.07) is 17.0. The Balaban J connectivity index is 2.01. The molecule has 0 saturated carbocycles. The maximum atomic E-state index is 9.61. The van der Waals surface area contributed by atoms with Gasteiger partial charge >= 0.3 is 0 Å². The lowest BCUT2D eigenvalue weighted by atomic mass is 10.1. The lowest BCUT2D eigenvalue weighted by Gasteiger charge is -2.08. The molecule has 0 atom stereocenters. The Bertz CT molecular complexity index is 1030. The molecule has 0 fully saturated rings. The van der Waals surface area contributed by atoms with Crippen LogP contribution < -0.4 is 15.8 Å². The monoisotopic (exact) mass is 422 g/mol. The Labute approximate surface area is 164 Å². The first kappa shape index (κ1) is 18.4. The summed E-state index contributed by atoms with van der Waals surface area (Å²) in [5.74, 6) is 1.06. The van der Waals surface area contributed by atoms with Gasteiger partial charge in [-0.2, -0.15) is 20.2 Å². The minimum atomic E-state index is 0.0146. The van der Waals surface area contributed by atoms with Gasteiger partial charge in [0.1, 0.15) is 11.8 Å². The summed E-state index contributed by atoms with van der Waals surface area (Å²) < 4.78 is 6.20. The molecule has 0 amide bonds. The number of aromatic nitrogens is 3. The average molecular weight is 423 g/mol. The third-order valence-corrected chi connectivity index (χ3v) is 4.03. The standard InChI is InChI=1S/C19H15BrN6O/c1-27-16-8-7-14(20)10-12(16)9-13(11-21)17-24-18(22)26-19(25-17)23-15-5-3-2-4-6-15/h2-10H,1H3,(H3,22,23,24,25,26)/b13-9+. The molecule has 27 heavy (non-hydrogen) atoms. The molecule has 0 spiro atoms. The van der Waals surface area contributed by atoms with E-state index in [9.17, 15) is 5.26 Å². The van der Waals surface area contributed by atoms with Gasteiger partial charge in [-0.15, -0.1) is 0 Å². The Morgan fingerprint density at radius 3 is 2.67 bits per heavy atom. The molecule has 1 heterocycles. The lowest BCUT2D eigenvalue weighted by molar-refractivity contribution is 0.414. The minimum absolute atomic E-state index is 0.0146. The van der Waals surface area contributed by atoms with Crippen LogP contribution in [-0.4, -0.2) is 22.1 Å². The van der Waals surface area contributed by atoms with Gasteiger partial charge in [0.05, 0.1) is 12.7 Å². The van der Waals surface area contributed by atoms with Crippen molar-refractivity contribution in [2.75, 3.05) is 18.2 Å². The Morgan fingerprint density at radius 1 is 1.19 bits per heavy atom. The highest BCUT2D eigenvalue weighted by molar-refractivity contribution is 9.10. The van der Waals surface area contributed by atoms with Gasteiger partial charge < -0.3 is 15.8 Å². The summed E-state index contributed by atoms with van der Waals surface area (Å²) in [5.41, 5.74) is 7.55. The number of nitrogens with zero attached hydrogens (tertiary/aromatic N) is 4. The number of methoxy groups -OCH3 is 1. The second-order valence-electron chi connectivity index (χ2n) is 5.39. The molecule has 0 unspecified atom stereocenters. The van der Waals surface area contributed by atoms with E-state index in [1.54, 1.807) is 19.3 Å². The number of benzene rings is 2. The van der Waals surface area contributed by atoms with Crippen molar-refractivity contribution in [1.29, 1.82) is 5.26 Å². The van der Waals surface area contributed by atoms with Crippen LogP contribution in [0.4, 0.5) is 17.6 Å². The van der Waals surface area contributed by atoms with E-state index in [0.717, 1.165) is 10.2 Å². The van der Waals surface area contributed by atoms with Crippen molar-refractivity contribution in [3.63, 3.8) is 0 Å². The van der Waals surface area contributed by atoms with Crippen LogP contribution in [0.25, 0.3) is 11.6 Å². The summed E-state index contributed by atoms with van der Waals surface area (Å²) in [5, 5.41) is 12.7. The Morgan fingerprint density at radius 2 is 1.96 bits per heavy atom. The molecule has 134 valence electrons. The van der Waals surface area contributed by atoms with Gasteiger partial charge in [0.25, 0.3) is 0 Å². The molecule has 3 N–H and O–H groups in total. The minimum Gasteiger partial charge on any atom is -0.496 e. The molecule has 3 aromatic rings. The zero-order valence-corrected chi connectivity index (χ0v) is 15.9. The fourth-order valence-corrected chi connectivity index (χ4v) is 2.72. The third kappa shape index (κ3) is 4.59. The second-order valence-corrected chi connectivity index (χ2v) is 6.30. The molecule has 3 rings (SSSR count). The summed E-state index contributed by atoms with van der Waals surface area (Å²) in [4.78, 5) is 12.5. The Hall–Kier alpha value is -3.44. The molecule has 0 radical (unpaired) electrons. The summed E-state index contributed by atoms with van der Waals surface area (Å²) in [6.45, 7) is 0. The maximum absolute atomic E-state index is 9.61. The first-order valence-corrected chi connectivity index (χ1v) is 8.67. The fourth-order valence-electron chi connectivity index (χ4n) is 2.34. The van der Waals surface area contributed by atoms with Crippen LogP contribution in [-0.2, 0) is 0 Å². The van der Waals surface area contributed by atoms with E-state index >= 15 is 0 Å². The first-order valence-electron chi connectivity index (χ1n) is 7.88. The largest absolute Gasteiger partial charge is 0.496 e. The first-order chi connectivity index (χ1) is 13.1. The molecular formula is C19H15BrN6O. The molecule has 7 nitrogen and oxygen atoms in total. The van der Waals surface area contributed by atoms with Crippen molar-refractivity contribution < 1.29 is 4.74 Å². The molecule has 0 aliphatic rings. The van der Waals surface area contributed by atoms with Crippen molar-refractivity contribution >= 4 is 45.2 Å². The van der Waals surface area contributed by atoms with E-state index in [-0.39, 0.29) is 23.3 Å². The number of nitrogen functional groups attached to an aromatic ring is 1. The van der Waals surface area contributed by atoms with Crippen LogP contribution in [0.15, 0.2) is 53.0 Å². The van der Waals surface area contributed by atoms with Crippen LogP contribution >= 0.6 is 15.9 Å². The lowest BCUT2D eigenvalue weighted by Crippen LogP contribution is -2.06. The number of hydrogen-bond acceptors (Lipinski definition) is 7. The summed E-state index contributed by atoms with van der Waals surface area (Å²) in [6.07, 6.45) is 1.64. The van der Waals surface area contributed by atoms with E-state index in [2.05, 4.69) is 42.3 Å². The van der Waals surface area contributed by atoms with E-state index in [4.69, 9.17) is 10.5 Å². The number of halogens is 1. The van der Waals surface area contributed by atoms with Gasteiger partial charge in [-0.25, -0.2) is 0 Å². The zero-order chi connectivity index (χ0) is 19.2. The number of nitriles is 1. The number of nitrogens with one attached hydrogen (secondary N) is 1. The molecule has 1 aromatic heterocycles. The van der Waals surface area contributed by atoms with Crippen molar-refractivity contribution in [3.05, 3.63) is 64.4 Å². The molecule has 0 aliphatic heterocycles. The van der Waals surface area contributed by atoms with E-state index in [1.165, 1.54) is 0 Å². The molecule has 8 heteroatoms. The number of allylic oxidation sites excluding steroid dienone is 1. The van der Waals surface area contributed by atoms with Crippen LogP contribution in [0, 0.1) is 11.3 Å². The topological polar surface area (TPSA) is 110 Å². The highest BCUT2D eigenvalue weighted by Gasteiger charge is 2.11. The second kappa shape index (κ2) is 8.29. The quantitative estimate of drug-likeness (QED) is 0.596. The normalized spacial score (nSPS) is 10.9. The van der Waals surface area contributed by atoms with Crippen molar-refractivity contribution in [2.24, 2.45) is 0 Å².